The van der Waals surface area contributed by atoms with Crippen LogP contribution in [0.4, 0.5) is 10.0 Å². The number of ether oxygens (including phenoxy) is 1. The molecule has 2 aromatic heterocycles. The monoisotopic (exact) mass is 490 g/mol. The smallest absolute Gasteiger partial charge is 0.254 e. The van der Waals surface area contributed by atoms with Crippen molar-refractivity contribution < 1.29 is 23.9 Å². The van der Waals surface area contributed by atoms with E-state index in [1.165, 1.54) is 22.7 Å². The van der Waals surface area contributed by atoms with Gasteiger partial charge in [-0.25, -0.2) is 0 Å². The van der Waals surface area contributed by atoms with Gasteiger partial charge in [0.05, 0.1) is 11.1 Å². The fourth-order valence-corrected chi connectivity index (χ4v) is 6.88. The molecule has 11 heteroatoms. The van der Waals surface area contributed by atoms with Crippen molar-refractivity contribution in [1.82, 2.24) is 10.6 Å². The van der Waals surface area contributed by atoms with Crippen LogP contribution in [0, 0.1) is 0 Å². The molecule has 2 heterocycles. The first kappa shape index (κ1) is 23.4. The van der Waals surface area contributed by atoms with Crippen LogP contribution in [-0.2, 0) is 40.0 Å². The average molecular weight is 491 g/mol. The summed E-state index contributed by atoms with van der Waals surface area (Å²) in [7, 11) is 3.12. The number of fused-ring (bicyclic) bond motifs is 2. The van der Waals surface area contributed by atoms with Crippen molar-refractivity contribution in [2.45, 2.75) is 38.5 Å². The number of carbonyl (C=O) groups excluding carboxylic acids is 4. The molecule has 2 aromatic rings. The van der Waals surface area contributed by atoms with Gasteiger partial charge in [-0.05, 0) is 49.7 Å². The predicted molar refractivity (Wildman–Crippen MR) is 128 cm³/mol. The normalized spacial score (nSPS) is 13.9. The van der Waals surface area contributed by atoms with Gasteiger partial charge in [0.15, 0.2) is 0 Å². The Hall–Kier alpha value is -2.76. The minimum Gasteiger partial charge on any atom is -0.362 e. The Morgan fingerprint density at radius 2 is 1.15 bits per heavy atom. The molecule has 0 saturated carbocycles. The van der Waals surface area contributed by atoms with Crippen LogP contribution in [-0.4, -0.2) is 50.9 Å². The zero-order valence-corrected chi connectivity index (χ0v) is 20.1. The van der Waals surface area contributed by atoms with Gasteiger partial charge in [-0.15, -0.1) is 22.7 Å². The number of thiophene rings is 2. The van der Waals surface area contributed by atoms with Gasteiger partial charge < -0.3 is 26.0 Å². The van der Waals surface area contributed by atoms with E-state index in [-0.39, 0.29) is 25.0 Å². The Morgan fingerprint density at radius 1 is 0.727 bits per heavy atom. The quantitative estimate of drug-likeness (QED) is 0.451. The van der Waals surface area contributed by atoms with Crippen molar-refractivity contribution >= 4 is 56.3 Å². The van der Waals surface area contributed by atoms with Crippen LogP contribution in [0.1, 0.15) is 54.4 Å². The highest BCUT2D eigenvalue weighted by molar-refractivity contribution is 7.17. The molecule has 4 N–H and O–H groups in total. The molecule has 176 valence electrons. The lowest BCUT2D eigenvalue weighted by Crippen LogP contribution is -2.26. The summed E-state index contributed by atoms with van der Waals surface area (Å²) in [6.07, 6.45) is 5.47. The second kappa shape index (κ2) is 10.0. The molecule has 4 amide bonds. The topological polar surface area (TPSA) is 126 Å². The van der Waals surface area contributed by atoms with E-state index >= 15 is 0 Å². The number of rotatable bonds is 8. The molecule has 0 fully saturated rings. The Bertz CT molecular complexity index is 1030. The maximum absolute atomic E-state index is 12.4. The van der Waals surface area contributed by atoms with Crippen molar-refractivity contribution in [3.05, 3.63) is 32.0 Å². The van der Waals surface area contributed by atoms with Crippen LogP contribution in [0.25, 0.3) is 0 Å². The average Bonchev–Trinajstić information content (AvgIpc) is 3.54. The van der Waals surface area contributed by atoms with E-state index in [1.54, 1.807) is 14.1 Å². The van der Waals surface area contributed by atoms with Crippen LogP contribution in [0.2, 0.25) is 0 Å². The summed E-state index contributed by atoms with van der Waals surface area (Å²) in [5.74, 6) is -1.32. The predicted octanol–water partition coefficient (Wildman–Crippen LogP) is 2.10. The van der Waals surface area contributed by atoms with Gasteiger partial charge in [0.25, 0.3) is 23.6 Å². The molecule has 9 nitrogen and oxygen atoms in total. The van der Waals surface area contributed by atoms with E-state index in [1.807, 2.05) is 0 Å². The second-order valence-corrected chi connectivity index (χ2v) is 10.1. The van der Waals surface area contributed by atoms with Gasteiger partial charge in [-0.1, -0.05) is 0 Å². The molecule has 0 spiro atoms. The first-order valence-electron chi connectivity index (χ1n) is 10.8. The van der Waals surface area contributed by atoms with Crippen LogP contribution in [0.3, 0.4) is 0 Å². The molecular weight excluding hydrogens is 464 g/mol. The molecule has 2 aliphatic rings. The van der Waals surface area contributed by atoms with Crippen molar-refractivity contribution in [1.29, 1.82) is 0 Å². The summed E-state index contributed by atoms with van der Waals surface area (Å²) in [4.78, 5) is 51.6. The maximum Gasteiger partial charge on any atom is 0.254 e. The number of anilines is 2. The summed E-state index contributed by atoms with van der Waals surface area (Å²) >= 11 is 2.83. The third-order valence-corrected chi connectivity index (χ3v) is 8.14. The number of nitrogens with one attached hydrogen (secondary N) is 4. The second-order valence-electron chi connectivity index (χ2n) is 7.87. The number of carbonyl (C=O) groups is 4. The maximum atomic E-state index is 12.4. The summed E-state index contributed by atoms with van der Waals surface area (Å²) in [6.45, 7) is -0.654. The summed E-state index contributed by atoms with van der Waals surface area (Å²) in [6, 6.07) is 0. The van der Waals surface area contributed by atoms with Gasteiger partial charge in [0.1, 0.15) is 23.2 Å². The van der Waals surface area contributed by atoms with E-state index in [0.29, 0.717) is 21.1 Å². The summed E-state index contributed by atoms with van der Waals surface area (Å²) in [5, 5.41) is 11.8. The number of amides is 4. The van der Waals surface area contributed by atoms with E-state index in [9.17, 15) is 19.2 Å². The van der Waals surface area contributed by atoms with E-state index < -0.39 is 11.8 Å². The lowest BCUT2D eigenvalue weighted by Gasteiger charge is -2.09. The minimum absolute atomic E-state index is 0.222. The molecule has 0 aliphatic heterocycles. The van der Waals surface area contributed by atoms with Crippen LogP contribution < -0.4 is 21.3 Å². The molecule has 4 rings (SSSR count). The molecule has 0 atom stereocenters. The lowest BCUT2D eigenvalue weighted by atomic mass is 10.1. The standard InChI is InChI=1S/C22H26N4O5S2/c1-23-19(29)17-11-5-3-7-13(11)32-21(17)25-15(27)9-31-10-16(28)26-22-18(20(30)24-2)12-6-4-8-14(12)33-22/h3-10H2,1-2H3,(H,23,29)(H,24,30)(H,25,27)(H,26,28). The molecule has 0 aromatic carbocycles. The van der Waals surface area contributed by atoms with E-state index in [4.69, 9.17) is 4.74 Å². The highest BCUT2D eigenvalue weighted by Crippen LogP contribution is 2.40. The minimum atomic E-state index is -0.436. The van der Waals surface area contributed by atoms with Crippen LogP contribution in [0.5, 0.6) is 0 Å². The zero-order valence-electron chi connectivity index (χ0n) is 18.5. The SMILES string of the molecule is CNC(=O)c1c(NC(=O)COCC(=O)Nc2sc3c(c2C(=O)NC)CCC3)sc2c1CCC2. The van der Waals surface area contributed by atoms with E-state index in [0.717, 1.165) is 59.4 Å². The number of aryl methyl sites for hydroxylation is 2. The molecule has 0 bridgehead atoms. The van der Waals surface area contributed by atoms with Crippen molar-refractivity contribution in [2.75, 3.05) is 37.9 Å². The van der Waals surface area contributed by atoms with Crippen LogP contribution in [0.15, 0.2) is 0 Å². The third kappa shape index (κ3) is 4.80. The van der Waals surface area contributed by atoms with Gasteiger partial charge in [0.2, 0.25) is 0 Å². The highest BCUT2D eigenvalue weighted by Gasteiger charge is 2.28. The van der Waals surface area contributed by atoms with Gasteiger partial charge in [-0.3, -0.25) is 19.2 Å². The zero-order chi connectivity index (χ0) is 23.5. The van der Waals surface area contributed by atoms with Gasteiger partial charge in [0, 0.05) is 23.8 Å². The molecule has 0 saturated heterocycles. The fraction of sp³-hybridized carbons (Fsp3) is 0.455. The van der Waals surface area contributed by atoms with Crippen molar-refractivity contribution in [3.63, 3.8) is 0 Å². The van der Waals surface area contributed by atoms with Crippen molar-refractivity contribution in [2.24, 2.45) is 0 Å². The molecule has 0 radical (unpaired) electrons. The van der Waals surface area contributed by atoms with Crippen molar-refractivity contribution in [3.8, 4) is 0 Å². The lowest BCUT2D eigenvalue weighted by molar-refractivity contribution is -0.125. The molecule has 0 unspecified atom stereocenters. The Balaban J connectivity index is 1.32. The first-order valence-corrected chi connectivity index (χ1v) is 12.5. The Labute approximate surface area is 199 Å². The van der Waals surface area contributed by atoms with Gasteiger partial charge in [-0.2, -0.15) is 0 Å². The van der Waals surface area contributed by atoms with Crippen LogP contribution >= 0.6 is 22.7 Å². The summed E-state index contributed by atoms with van der Waals surface area (Å²) in [5.41, 5.74) is 3.05. The molecule has 2 aliphatic carbocycles. The Kier molecular flexibility index (Phi) is 7.11. The fourth-order valence-electron chi connectivity index (χ4n) is 4.28. The summed E-state index contributed by atoms with van der Waals surface area (Å²) < 4.78 is 5.29. The first-order chi connectivity index (χ1) is 15.9. The Morgan fingerprint density at radius 3 is 1.55 bits per heavy atom. The molecule has 33 heavy (non-hydrogen) atoms. The van der Waals surface area contributed by atoms with E-state index in [2.05, 4.69) is 21.3 Å². The largest absolute Gasteiger partial charge is 0.362 e. The highest BCUT2D eigenvalue weighted by atomic mass is 32.1. The third-order valence-electron chi connectivity index (χ3n) is 5.72. The number of hydrogen-bond acceptors (Lipinski definition) is 7. The van der Waals surface area contributed by atoms with Gasteiger partial charge >= 0.3 is 0 Å². The molecular formula is C22H26N4O5S2. The number of hydrogen-bond donors (Lipinski definition) is 4.